The fourth-order valence-electron chi connectivity index (χ4n) is 4.75. The number of alkyl carbamates (subject to hydrolysis) is 1. The van der Waals surface area contributed by atoms with Crippen LogP contribution in [0.25, 0.3) is 11.1 Å². The molecule has 2 aromatic carbocycles. The summed E-state index contributed by atoms with van der Waals surface area (Å²) in [4.78, 5) is 38.6. The van der Waals surface area contributed by atoms with E-state index in [1.54, 1.807) is 0 Å². The lowest BCUT2D eigenvalue weighted by molar-refractivity contribution is -0.150. The minimum Gasteiger partial charge on any atom is -0.480 e. The van der Waals surface area contributed by atoms with Crippen LogP contribution >= 0.6 is 0 Å². The van der Waals surface area contributed by atoms with Crippen molar-refractivity contribution in [2.24, 2.45) is 5.92 Å². The van der Waals surface area contributed by atoms with Crippen molar-refractivity contribution in [3.8, 4) is 11.1 Å². The molecule has 2 amide bonds. The molecule has 7 nitrogen and oxygen atoms in total. The quantitative estimate of drug-likeness (QED) is 0.573. The third kappa shape index (κ3) is 4.93. The third-order valence-corrected chi connectivity index (χ3v) is 6.85. The summed E-state index contributed by atoms with van der Waals surface area (Å²) in [6, 6.07) is 14.9. The summed E-state index contributed by atoms with van der Waals surface area (Å²) in [5.41, 5.74) is 4.58. The number of fused-ring (bicyclic) bond motifs is 3. The Morgan fingerprint density at radius 2 is 1.56 bits per heavy atom. The second-order valence-corrected chi connectivity index (χ2v) is 9.57. The summed E-state index contributed by atoms with van der Waals surface area (Å²) in [6.45, 7) is 5.57. The molecule has 2 aliphatic carbocycles. The highest BCUT2D eigenvalue weighted by Crippen LogP contribution is 2.44. The molecule has 0 aliphatic heterocycles. The number of carboxylic acids is 1. The van der Waals surface area contributed by atoms with E-state index in [1.165, 1.54) is 11.8 Å². The van der Waals surface area contributed by atoms with E-state index >= 15 is 0 Å². The number of hydrogen-bond donors (Lipinski definition) is 2. The third-order valence-electron chi connectivity index (χ3n) is 6.85. The van der Waals surface area contributed by atoms with Gasteiger partial charge in [-0.1, -0.05) is 62.4 Å². The molecule has 34 heavy (non-hydrogen) atoms. The first-order chi connectivity index (χ1) is 16.3. The molecule has 2 N–H and O–H groups in total. The van der Waals surface area contributed by atoms with Crippen LogP contribution in [0.4, 0.5) is 4.79 Å². The lowest BCUT2D eigenvalue weighted by atomic mass is 9.98. The molecule has 4 rings (SSSR count). The van der Waals surface area contributed by atoms with Crippen LogP contribution in [0.2, 0.25) is 0 Å². The number of rotatable bonds is 9. The highest BCUT2D eigenvalue weighted by atomic mass is 16.5. The lowest BCUT2D eigenvalue weighted by Crippen LogP contribution is -2.48. The number of nitrogens with one attached hydrogen (secondary N) is 1. The van der Waals surface area contributed by atoms with Gasteiger partial charge in [0.2, 0.25) is 5.91 Å². The summed E-state index contributed by atoms with van der Waals surface area (Å²) in [5.74, 6) is -1.34. The van der Waals surface area contributed by atoms with Gasteiger partial charge in [0.05, 0.1) is 0 Å². The van der Waals surface area contributed by atoms with Gasteiger partial charge < -0.3 is 20.1 Å². The maximum absolute atomic E-state index is 13.0. The van der Waals surface area contributed by atoms with Gasteiger partial charge in [-0.05, 0) is 47.9 Å². The van der Waals surface area contributed by atoms with Gasteiger partial charge in [0.15, 0.2) is 0 Å². The molecular formula is C27H32N2O5. The zero-order chi connectivity index (χ0) is 24.4. The zero-order valence-electron chi connectivity index (χ0n) is 19.9. The SMILES string of the molecule is CC(C)C(CC(=O)N(C1CC1)C(C)C(=O)O)NC(=O)OCC1c2ccccc2-c2ccccc21. The van der Waals surface area contributed by atoms with Crippen molar-refractivity contribution in [2.45, 2.75) is 64.1 Å². The molecule has 0 aromatic heterocycles. The van der Waals surface area contributed by atoms with E-state index in [0.29, 0.717) is 0 Å². The Bertz CT molecular complexity index is 1030. The standard InChI is InChI=1S/C27H32N2O5/c1-16(2)24(14-25(30)29(18-12-13-18)17(3)26(31)32)28-27(33)34-15-23-21-10-6-4-8-19(21)20-9-5-7-11-22(20)23/h4-11,16-18,23-24H,12-15H2,1-3H3,(H,28,33)(H,31,32). The molecule has 0 heterocycles. The zero-order valence-corrected chi connectivity index (χ0v) is 19.9. The van der Waals surface area contributed by atoms with Crippen molar-refractivity contribution >= 4 is 18.0 Å². The molecule has 0 saturated heterocycles. The summed E-state index contributed by atoms with van der Waals surface area (Å²) in [6.07, 6.45) is 1.10. The molecule has 180 valence electrons. The highest BCUT2D eigenvalue weighted by Gasteiger charge is 2.39. The van der Waals surface area contributed by atoms with Crippen LogP contribution in [-0.4, -0.2) is 52.7 Å². The molecule has 7 heteroatoms. The van der Waals surface area contributed by atoms with Gasteiger partial charge in [-0.3, -0.25) is 4.79 Å². The number of aliphatic carboxylic acids is 1. The molecule has 1 fully saturated rings. The van der Waals surface area contributed by atoms with Gasteiger partial charge >= 0.3 is 12.1 Å². The average molecular weight is 465 g/mol. The van der Waals surface area contributed by atoms with E-state index in [0.717, 1.165) is 35.1 Å². The predicted octanol–water partition coefficient (Wildman–Crippen LogP) is 4.40. The number of carboxylic acid groups (broad SMARTS) is 1. The number of hydrogen-bond acceptors (Lipinski definition) is 4. The van der Waals surface area contributed by atoms with Crippen molar-refractivity contribution in [1.82, 2.24) is 10.2 Å². The van der Waals surface area contributed by atoms with Gasteiger partial charge in [-0.15, -0.1) is 0 Å². The summed E-state index contributed by atoms with van der Waals surface area (Å²) < 4.78 is 5.64. The van der Waals surface area contributed by atoms with E-state index in [9.17, 15) is 19.5 Å². The van der Waals surface area contributed by atoms with Crippen LogP contribution < -0.4 is 5.32 Å². The molecule has 1 saturated carbocycles. The normalized spacial score (nSPS) is 16.4. The Morgan fingerprint density at radius 3 is 2.06 bits per heavy atom. The summed E-state index contributed by atoms with van der Waals surface area (Å²) >= 11 is 0. The second kappa shape index (κ2) is 9.87. The van der Waals surface area contributed by atoms with Crippen molar-refractivity contribution in [1.29, 1.82) is 0 Å². The van der Waals surface area contributed by atoms with E-state index in [2.05, 4.69) is 29.6 Å². The first-order valence-corrected chi connectivity index (χ1v) is 11.9. The van der Waals surface area contributed by atoms with Crippen LogP contribution in [0.5, 0.6) is 0 Å². The van der Waals surface area contributed by atoms with Gasteiger partial charge in [-0.25, -0.2) is 9.59 Å². The minimum absolute atomic E-state index is 0.0226. The van der Waals surface area contributed by atoms with Gasteiger partial charge in [0, 0.05) is 24.4 Å². The van der Waals surface area contributed by atoms with E-state index in [4.69, 9.17) is 4.74 Å². The van der Waals surface area contributed by atoms with Crippen molar-refractivity contribution in [3.05, 3.63) is 59.7 Å². The van der Waals surface area contributed by atoms with E-state index in [1.807, 2.05) is 38.1 Å². The minimum atomic E-state index is -1.02. The Kier molecular flexibility index (Phi) is 6.91. The highest BCUT2D eigenvalue weighted by molar-refractivity contribution is 5.85. The molecule has 2 aromatic rings. The molecule has 0 bridgehead atoms. The number of carbonyl (C=O) groups excluding carboxylic acids is 2. The number of amides is 2. The Morgan fingerprint density at radius 1 is 1.00 bits per heavy atom. The first kappa shape index (κ1) is 23.8. The second-order valence-electron chi connectivity index (χ2n) is 9.57. The number of ether oxygens (including phenoxy) is 1. The fraction of sp³-hybridized carbons (Fsp3) is 0.444. The molecule has 2 aliphatic rings. The Labute approximate surface area is 200 Å². The number of nitrogens with zero attached hydrogens (tertiary/aromatic N) is 1. The lowest BCUT2D eigenvalue weighted by Gasteiger charge is -2.30. The molecular weight excluding hydrogens is 432 g/mol. The van der Waals surface area contributed by atoms with Crippen LogP contribution in [0.15, 0.2) is 48.5 Å². The van der Waals surface area contributed by atoms with Gasteiger partial charge in [0.1, 0.15) is 12.6 Å². The number of benzene rings is 2. The molecule has 2 atom stereocenters. The topological polar surface area (TPSA) is 95.9 Å². The van der Waals surface area contributed by atoms with Crippen LogP contribution in [0, 0.1) is 5.92 Å². The molecule has 0 spiro atoms. The summed E-state index contributed by atoms with van der Waals surface area (Å²) in [5, 5.41) is 12.2. The van der Waals surface area contributed by atoms with E-state index < -0.39 is 24.1 Å². The smallest absolute Gasteiger partial charge is 0.407 e. The van der Waals surface area contributed by atoms with Crippen molar-refractivity contribution in [2.75, 3.05) is 6.61 Å². The Hall–Kier alpha value is -3.35. The Balaban J connectivity index is 1.39. The molecule has 0 radical (unpaired) electrons. The summed E-state index contributed by atoms with van der Waals surface area (Å²) in [7, 11) is 0. The van der Waals surface area contributed by atoms with Gasteiger partial charge in [0.25, 0.3) is 0 Å². The van der Waals surface area contributed by atoms with E-state index in [-0.39, 0.29) is 36.8 Å². The van der Waals surface area contributed by atoms with Crippen LogP contribution in [0.1, 0.15) is 57.1 Å². The van der Waals surface area contributed by atoms with Crippen LogP contribution in [-0.2, 0) is 14.3 Å². The van der Waals surface area contributed by atoms with Crippen molar-refractivity contribution in [3.63, 3.8) is 0 Å². The maximum atomic E-state index is 13.0. The maximum Gasteiger partial charge on any atom is 0.407 e. The first-order valence-electron chi connectivity index (χ1n) is 11.9. The fourth-order valence-corrected chi connectivity index (χ4v) is 4.75. The van der Waals surface area contributed by atoms with Gasteiger partial charge in [-0.2, -0.15) is 0 Å². The number of carbonyl (C=O) groups is 3. The average Bonchev–Trinajstić information content (AvgIpc) is 3.59. The predicted molar refractivity (Wildman–Crippen MR) is 128 cm³/mol. The van der Waals surface area contributed by atoms with Crippen molar-refractivity contribution < 1.29 is 24.2 Å². The van der Waals surface area contributed by atoms with Crippen LogP contribution in [0.3, 0.4) is 0 Å². The monoisotopic (exact) mass is 464 g/mol. The largest absolute Gasteiger partial charge is 0.480 e. The molecule has 2 unspecified atom stereocenters.